The monoisotopic (exact) mass is 217 g/mol. The molecule has 2 rings (SSSR count). The molecular formula is C11H11N3O2. The Bertz CT molecular complexity index is 537. The number of hydrogen-bond donors (Lipinski definition) is 2. The number of para-hydroxylation sites is 1. The second kappa shape index (κ2) is 4.57. The zero-order valence-corrected chi connectivity index (χ0v) is 8.55. The van der Waals surface area contributed by atoms with Gasteiger partial charge < -0.3 is 10.1 Å². The predicted octanol–water partition coefficient (Wildman–Crippen LogP) is 0.656. The zero-order chi connectivity index (χ0) is 11.4. The molecule has 16 heavy (non-hydrogen) atoms. The fourth-order valence-corrected chi connectivity index (χ4v) is 1.44. The predicted molar refractivity (Wildman–Crippen MR) is 58.2 cm³/mol. The first kappa shape index (κ1) is 10.4. The van der Waals surface area contributed by atoms with Crippen LogP contribution < -0.4 is 5.56 Å². The summed E-state index contributed by atoms with van der Waals surface area (Å²) >= 11 is 0. The summed E-state index contributed by atoms with van der Waals surface area (Å²) in [5.41, 5.74) is 0.566. The third kappa shape index (κ3) is 2.44. The van der Waals surface area contributed by atoms with E-state index in [1.807, 2.05) is 12.1 Å². The van der Waals surface area contributed by atoms with E-state index in [9.17, 15) is 9.90 Å². The van der Waals surface area contributed by atoms with Gasteiger partial charge in [-0.1, -0.05) is 18.2 Å². The van der Waals surface area contributed by atoms with E-state index in [-0.39, 0.29) is 11.3 Å². The number of phenols is 1. The van der Waals surface area contributed by atoms with Gasteiger partial charge >= 0.3 is 0 Å². The number of aromatic amines is 1. The van der Waals surface area contributed by atoms with Gasteiger partial charge in [-0.2, -0.15) is 5.10 Å². The van der Waals surface area contributed by atoms with Gasteiger partial charge in [-0.25, -0.2) is 0 Å². The minimum atomic E-state index is -0.262. The molecule has 1 aromatic carbocycles. The zero-order valence-electron chi connectivity index (χ0n) is 8.55. The van der Waals surface area contributed by atoms with E-state index < -0.39 is 0 Å². The molecule has 1 heterocycles. The second-order valence-corrected chi connectivity index (χ2v) is 3.41. The minimum Gasteiger partial charge on any atom is -0.508 e. The normalized spacial score (nSPS) is 10.2. The summed E-state index contributed by atoms with van der Waals surface area (Å²) in [4.78, 5) is 13.5. The van der Waals surface area contributed by atoms with E-state index in [1.54, 1.807) is 12.1 Å². The van der Waals surface area contributed by atoms with Gasteiger partial charge in [0.25, 0.3) is 5.56 Å². The van der Waals surface area contributed by atoms with Gasteiger partial charge in [0.05, 0.1) is 0 Å². The highest BCUT2D eigenvalue weighted by atomic mass is 16.3. The molecule has 2 aromatic rings. The first-order valence-corrected chi connectivity index (χ1v) is 4.93. The first-order chi connectivity index (χ1) is 7.75. The van der Waals surface area contributed by atoms with Crippen LogP contribution in [0.25, 0.3) is 0 Å². The van der Waals surface area contributed by atoms with E-state index in [0.717, 1.165) is 11.8 Å². The highest BCUT2D eigenvalue weighted by molar-refractivity contribution is 5.31. The molecule has 2 N–H and O–H groups in total. The Kier molecular flexibility index (Phi) is 2.95. The maximum atomic E-state index is 11.0. The largest absolute Gasteiger partial charge is 0.508 e. The summed E-state index contributed by atoms with van der Waals surface area (Å²) in [6.45, 7) is 0. The summed E-state index contributed by atoms with van der Waals surface area (Å²) in [7, 11) is 0. The average Bonchev–Trinajstić information content (AvgIpc) is 2.28. The average molecular weight is 217 g/mol. The van der Waals surface area contributed by atoms with Crippen molar-refractivity contribution >= 4 is 0 Å². The van der Waals surface area contributed by atoms with Gasteiger partial charge in [-0.3, -0.25) is 4.79 Å². The van der Waals surface area contributed by atoms with Gasteiger partial charge in [0.15, 0.2) is 0 Å². The number of aromatic nitrogens is 3. The minimum absolute atomic E-state index is 0.258. The fraction of sp³-hybridized carbons (Fsp3) is 0.182. The van der Waals surface area contributed by atoms with Crippen LogP contribution in [0.5, 0.6) is 5.75 Å². The maximum Gasteiger partial charge on any atom is 0.269 e. The smallest absolute Gasteiger partial charge is 0.269 e. The molecule has 0 fully saturated rings. The van der Waals surface area contributed by atoms with Crippen molar-refractivity contribution in [3.05, 3.63) is 52.2 Å². The quantitative estimate of drug-likeness (QED) is 0.791. The van der Waals surface area contributed by atoms with Gasteiger partial charge in [0.2, 0.25) is 0 Å². The molecule has 5 heteroatoms. The van der Waals surface area contributed by atoms with Gasteiger partial charge in [-0.15, -0.1) is 5.10 Å². The molecule has 0 radical (unpaired) electrons. The number of hydrogen-bond acceptors (Lipinski definition) is 4. The number of aryl methyl sites for hydroxylation is 2. The van der Waals surface area contributed by atoms with Gasteiger partial charge in [-0.05, 0) is 18.1 Å². The molecule has 82 valence electrons. The molecule has 0 amide bonds. The van der Waals surface area contributed by atoms with Crippen molar-refractivity contribution in [3.63, 3.8) is 0 Å². The lowest BCUT2D eigenvalue weighted by Gasteiger charge is -2.02. The van der Waals surface area contributed by atoms with Crippen molar-refractivity contribution in [2.24, 2.45) is 0 Å². The van der Waals surface area contributed by atoms with Crippen molar-refractivity contribution in [3.8, 4) is 5.75 Å². The van der Waals surface area contributed by atoms with Crippen molar-refractivity contribution in [1.29, 1.82) is 0 Å². The lowest BCUT2D eigenvalue weighted by atomic mass is 10.1. The van der Waals surface area contributed by atoms with Crippen molar-refractivity contribution in [2.45, 2.75) is 12.8 Å². The van der Waals surface area contributed by atoms with Crippen molar-refractivity contribution in [2.75, 3.05) is 0 Å². The molecule has 0 unspecified atom stereocenters. The maximum absolute atomic E-state index is 11.0. The third-order valence-corrected chi connectivity index (χ3v) is 2.24. The summed E-state index contributed by atoms with van der Waals surface area (Å²) in [6.07, 6.45) is 2.28. The summed E-state index contributed by atoms with van der Waals surface area (Å²) < 4.78 is 0. The summed E-state index contributed by atoms with van der Waals surface area (Å²) in [6, 6.07) is 7.09. The van der Waals surface area contributed by atoms with E-state index >= 15 is 0 Å². The van der Waals surface area contributed by atoms with Crippen molar-refractivity contribution in [1.82, 2.24) is 15.2 Å². The fourth-order valence-electron chi connectivity index (χ4n) is 1.44. The highest BCUT2D eigenvalue weighted by Gasteiger charge is 2.02. The summed E-state index contributed by atoms with van der Waals surface area (Å²) in [5.74, 6) is 0.782. The first-order valence-electron chi connectivity index (χ1n) is 4.93. The van der Waals surface area contributed by atoms with Crippen LogP contribution in [0, 0.1) is 0 Å². The van der Waals surface area contributed by atoms with Crippen LogP contribution in [0.2, 0.25) is 0 Å². The van der Waals surface area contributed by atoms with Crippen LogP contribution >= 0.6 is 0 Å². The van der Waals surface area contributed by atoms with Gasteiger partial charge in [0, 0.05) is 6.42 Å². The topological polar surface area (TPSA) is 78.9 Å². The number of aromatic hydroxyl groups is 1. The van der Waals surface area contributed by atoms with Crippen molar-refractivity contribution < 1.29 is 5.11 Å². The Morgan fingerprint density at radius 3 is 2.81 bits per heavy atom. The molecule has 1 aromatic heterocycles. The SMILES string of the molecule is O=c1cnnc(CCc2ccccc2O)[nH]1. The molecule has 0 aliphatic carbocycles. The van der Waals surface area contributed by atoms with Crippen LogP contribution in [0.4, 0.5) is 0 Å². The van der Waals surface area contributed by atoms with Crippen LogP contribution in [-0.4, -0.2) is 20.3 Å². The molecule has 0 aliphatic heterocycles. The number of H-pyrrole nitrogens is 1. The molecule has 5 nitrogen and oxygen atoms in total. The van der Waals surface area contributed by atoms with Crippen LogP contribution in [0.1, 0.15) is 11.4 Å². The Labute approximate surface area is 91.8 Å². The second-order valence-electron chi connectivity index (χ2n) is 3.41. The van der Waals surface area contributed by atoms with E-state index in [0.29, 0.717) is 18.7 Å². The van der Waals surface area contributed by atoms with E-state index in [2.05, 4.69) is 15.2 Å². The molecule has 0 saturated heterocycles. The molecule has 0 aliphatic rings. The standard InChI is InChI=1S/C11H11N3O2/c15-9-4-2-1-3-8(9)5-6-10-13-11(16)7-12-14-10/h1-4,7,15H,5-6H2,(H,13,14,16). The van der Waals surface area contributed by atoms with Crippen LogP contribution in [0.3, 0.4) is 0 Å². The lowest BCUT2D eigenvalue weighted by molar-refractivity contribution is 0.467. The number of benzene rings is 1. The molecule has 0 bridgehead atoms. The van der Waals surface area contributed by atoms with E-state index in [4.69, 9.17) is 0 Å². The Morgan fingerprint density at radius 1 is 1.25 bits per heavy atom. The molecular weight excluding hydrogens is 206 g/mol. The number of rotatable bonds is 3. The number of phenolic OH excluding ortho intramolecular Hbond substituents is 1. The number of nitrogens with one attached hydrogen (secondary N) is 1. The Balaban J connectivity index is 2.08. The Morgan fingerprint density at radius 2 is 2.06 bits per heavy atom. The van der Waals surface area contributed by atoms with E-state index in [1.165, 1.54) is 0 Å². The van der Waals surface area contributed by atoms with Crippen LogP contribution in [0.15, 0.2) is 35.3 Å². The molecule has 0 atom stereocenters. The van der Waals surface area contributed by atoms with Gasteiger partial charge in [0.1, 0.15) is 17.8 Å². The Hall–Kier alpha value is -2.17. The third-order valence-electron chi connectivity index (χ3n) is 2.24. The summed E-state index contributed by atoms with van der Waals surface area (Å²) in [5, 5.41) is 16.9. The van der Waals surface area contributed by atoms with Crippen LogP contribution in [-0.2, 0) is 12.8 Å². The molecule has 0 saturated carbocycles. The number of nitrogens with zero attached hydrogens (tertiary/aromatic N) is 2. The highest BCUT2D eigenvalue weighted by Crippen LogP contribution is 2.16. The molecule has 0 spiro atoms. The lowest BCUT2D eigenvalue weighted by Crippen LogP contribution is -2.12.